The molecule has 1 amide bonds. The van der Waals surface area contributed by atoms with Gasteiger partial charge in [0.25, 0.3) is 5.91 Å². The monoisotopic (exact) mass is 419 g/mol. The number of hydrogen-bond donors (Lipinski definition) is 1. The van der Waals surface area contributed by atoms with Crippen LogP contribution in [0.15, 0.2) is 10.7 Å². The first-order valence-electron chi connectivity index (χ1n) is 11.7. The van der Waals surface area contributed by atoms with Gasteiger partial charge < -0.3 is 14.4 Å². The Labute approximate surface area is 179 Å². The highest BCUT2D eigenvalue weighted by molar-refractivity contribution is 5.92. The third-order valence-electron chi connectivity index (χ3n) is 6.98. The van der Waals surface area contributed by atoms with Crippen LogP contribution in [0.3, 0.4) is 0 Å². The molecule has 4 rings (SSSR count). The smallest absolute Gasteiger partial charge is 0.275 e. The molecule has 1 aliphatic carbocycles. The van der Waals surface area contributed by atoms with Crippen LogP contribution in [0.25, 0.3) is 0 Å². The van der Waals surface area contributed by atoms with Crippen molar-refractivity contribution in [2.24, 2.45) is 0 Å². The molecule has 0 unspecified atom stereocenters. The number of carbonyl (C=O) groups is 1. The second kappa shape index (κ2) is 10.2. The minimum Gasteiger partial charge on any atom is -0.447 e. The Kier molecular flexibility index (Phi) is 7.41. The Morgan fingerprint density at radius 1 is 1.10 bits per heavy atom. The van der Waals surface area contributed by atoms with E-state index in [0.29, 0.717) is 18.1 Å². The van der Waals surface area contributed by atoms with Crippen LogP contribution in [0.5, 0.6) is 0 Å². The van der Waals surface area contributed by atoms with Gasteiger partial charge in [-0.05, 0) is 19.3 Å². The Morgan fingerprint density at radius 3 is 2.43 bits per heavy atom. The number of carbonyl (C=O) groups excluding carboxylic acids is 1. The molecule has 1 aromatic rings. The number of aliphatic hydroxyl groups excluding tert-OH is 1. The van der Waals surface area contributed by atoms with Crippen molar-refractivity contribution in [1.29, 1.82) is 0 Å². The molecule has 0 aromatic carbocycles. The summed E-state index contributed by atoms with van der Waals surface area (Å²) in [6.07, 6.45) is 7.40. The molecule has 1 saturated carbocycles. The zero-order chi connectivity index (χ0) is 20.9. The van der Waals surface area contributed by atoms with Crippen molar-refractivity contribution in [1.82, 2.24) is 24.6 Å². The van der Waals surface area contributed by atoms with Crippen LogP contribution < -0.4 is 0 Å². The number of β-amino-alcohol motifs (C(OH)–C–C–N with tert-alkyl or cyclic N) is 1. The number of nitrogens with zero attached hydrogens (tertiary/aromatic N) is 5. The number of hydrogen-bond acceptors (Lipinski definition) is 7. The lowest BCUT2D eigenvalue weighted by molar-refractivity contribution is 0.0567. The van der Waals surface area contributed by atoms with E-state index in [0.717, 1.165) is 71.4 Å². The average Bonchev–Trinajstić information content (AvgIpc) is 3.47. The molecule has 2 saturated heterocycles. The molecule has 2 aliphatic heterocycles. The van der Waals surface area contributed by atoms with Gasteiger partial charge in [0, 0.05) is 64.9 Å². The largest absolute Gasteiger partial charge is 0.447 e. The standard InChI is InChI=1S/C22H37N5O3/c1-2-19(28)15-24-7-9-25(10-8-24)16-21-23-20(17-30-21)22(29)27-13-11-26(12-14-27)18-5-3-4-6-18/h17-19,28H,2-16H2,1H3/t19-/m1/s1. The van der Waals surface area contributed by atoms with E-state index in [1.54, 1.807) is 0 Å². The minimum atomic E-state index is -0.239. The van der Waals surface area contributed by atoms with Crippen molar-refractivity contribution < 1.29 is 14.3 Å². The Hall–Kier alpha value is -1.48. The molecule has 0 bridgehead atoms. The third-order valence-corrected chi connectivity index (χ3v) is 6.98. The second-order valence-electron chi connectivity index (χ2n) is 9.03. The lowest BCUT2D eigenvalue weighted by Crippen LogP contribution is -2.51. The van der Waals surface area contributed by atoms with Crippen molar-refractivity contribution in [2.45, 2.75) is 57.7 Å². The summed E-state index contributed by atoms with van der Waals surface area (Å²) in [5, 5.41) is 9.82. The van der Waals surface area contributed by atoms with Crippen LogP contribution in [0.4, 0.5) is 0 Å². The van der Waals surface area contributed by atoms with Crippen molar-refractivity contribution >= 4 is 5.91 Å². The lowest BCUT2D eigenvalue weighted by atomic mass is 10.2. The molecule has 3 heterocycles. The zero-order valence-corrected chi connectivity index (χ0v) is 18.3. The highest BCUT2D eigenvalue weighted by atomic mass is 16.3. The highest BCUT2D eigenvalue weighted by Gasteiger charge is 2.29. The minimum absolute atomic E-state index is 0.00514. The first-order chi connectivity index (χ1) is 14.6. The van der Waals surface area contributed by atoms with E-state index in [-0.39, 0.29) is 12.0 Å². The summed E-state index contributed by atoms with van der Waals surface area (Å²) in [6, 6.07) is 0.728. The molecule has 30 heavy (non-hydrogen) atoms. The molecular formula is C22H37N5O3. The van der Waals surface area contributed by atoms with Crippen molar-refractivity contribution in [3.63, 3.8) is 0 Å². The number of amides is 1. The summed E-state index contributed by atoms with van der Waals surface area (Å²) in [7, 11) is 0. The zero-order valence-electron chi connectivity index (χ0n) is 18.3. The summed E-state index contributed by atoms with van der Waals surface area (Å²) in [4.78, 5) is 26.4. The van der Waals surface area contributed by atoms with Gasteiger partial charge in [-0.2, -0.15) is 0 Å². The molecule has 1 N–H and O–H groups in total. The van der Waals surface area contributed by atoms with Gasteiger partial charge in [0.15, 0.2) is 5.69 Å². The fourth-order valence-corrected chi connectivity index (χ4v) is 4.95. The molecular weight excluding hydrogens is 382 g/mol. The molecule has 168 valence electrons. The van der Waals surface area contributed by atoms with Crippen molar-refractivity contribution in [3.8, 4) is 0 Å². The summed E-state index contributed by atoms with van der Waals surface area (Å²) in [5.41, 5.74) is 0.434. The maximum Gasteiger partial charge on any atom is 0.275 e. The van der Waals surface area contributed by atoms with Crippen molar-refractivity contribution in [2.75, 3.05) is 58.9 Å². The Morgan fingerprint density at radius 2 is 1.77 bits per heavy atom. The molecule has 3 fully saturated rings. The average molecular weight is 420 g/mol. The lowest BCUT2D eigenvalue weighted by Gasteiger charge is -2.37. The molecule has 1 atom stereocenters. The summed E-state index contributed by atoms with van der Waals surface area (Å²) < 4.78 is 5.63. The number of rotatable bonds is 7. The van der Waals surface area contributed by atoms with Crippen LogP contribution >= 0.6 is 0 Å². The van der Waals surface area contributed by atoms with E-state index >= 15 is 0 Å². The van der Waals surface area contributed by atoms with Crippen LogP contribution in [0, 0.1) is 0 Å². The van der Waals surface area contributed by atoms with E-state index in [4.69, 9.17) is 4.42 Å². The van der Waals surface area contributed by atoms with E-state index in [2.05, 4.69) is 19.7 Å². The van der Waals surface area contributed by atoms with Gasteiger partial charge in [-0.15, -0.1) is 0 Å². The molecule has 8 heteroatoms. The topological polar surface area (TPSA) is 76.3 Å². The summed E-state index contributed by atoms with van der Waals surface area (Å²) in [6.45, 7) is 10.6. The highest BCUT2D eigenvalue weighted by Crippen LogP contribution is 2.24. The molecule has 0 spiro atoms. The van der Waals surface area contributed by atoms with Gasteiger partial charge in [-0.1, -0.05) is 19.8 Å². The van der Waals surface area contributed by atoms with Crippen LogP contribution in [0.2, 0.25) is 0 Å². The molecule has 3 aliphatic rings. The van der Waals surface area contributed by atoms with E-state index in [1.165, 1.54) is 31.9 Å². The van der Waals surface area contributed by atoms with Gasteiger partial charge in [0.05, 0.1) is 12.6 Å². The van der Waals surface area contributed by atoms with Gasteiger partial charge in [0.2, 0.25) is 5.89 Å². The number of oxazole rings is 1. The predicted octanol–water partition coefficient (Wildman–Crippen LogP) is 1.26. The molecule has 1 aromatic heterocycles. The maximum absolute atomic E-state index is 12.8. The molecule has 0 radical (unpaired) electrons. The SMILES string of the molecule is CC[C@@H](O)CN1CCN(Cc2nc(C(=O)N3CCN(C4CCCC4)CC3)co2)CC1. The van der Waals surface area contributed by atoms with Gasteiger partial charge >= 0.3 is 0 Å². The molecule has 8 nitrogen and oxygen atoms in total. The van der Waals surface area contributed by atoms with E-state index < -0.39 is 0 Å². The van der Waals surface area contributed by atoms with Crippen LogP contribution in [-0.2, 0) is 6.54 Å². The number of aliphatic hydroxyl groups is 1. The quantitative estimate of drug-likeness (QED) is 0.713. The van der Waals surface area contributed by atoms with E-state index in [9.17, 15) is 9.90 Å². The fraction of sp³-hybridized carbons (Fsp3) is 0.818. The normalized spacial score (nSPS) is 23.9. The van der Waals surface area contributed by atoms with Gasteiger partial charge in [-0.25, -0.2) is 4.98 Å². The first-order valence-corrected chi connectivity index (χ1v) is 11.7. The summed E-state index contributed by atoms with van der Waals surface area (Å²) >= 11 is 0. The van der Waals surface area contributed by atoms with Gasteiger partial charge in [-0.3, -0.25) is 19.5 Å². The summed E-state index contributed by atoms with van der Waals surface area (Å²) in [5.74, 6) is 0.611. The fourth-order valence-electron chi connectivity index (χ4n) is 4.95. The van der Waals surface area contributed by atoms with Crippen LogP contribution in [0.1, 0.15) is 55.4 Å². The Bertz CT molecular complexity index is 674. The number of piperazine rings is 2. The Balaban J connectivity index is 1.22. The van der Waals surface area contributed by atoms with Gasteiger partial charge in [0.1, 0.15) is 6.26 Å². The van der Waals surface area contributed by atoms with Crippen LogP contribution in [-0.4, -0.2) is 107 Å². The van der Waals surface area contributed by atoms with Crippen molar-refractivity contribution in [3.05, 3.63) is 17.8 Å². The van der Waals surface area contributed by atoms with E-state index in [1.807, 2.05) is 11.8 Å². The third kappa shape index (κ3) is 5.41. The second-order valence-corrected chi connectivity index (χ2v) is 9.03. The first kappa shape index (κ1) is 21.7. The predicted molar refractivity (Wildman–Crippen MR) is 114 cm³/mol. The number of aromatic nitrogens is 1. The maximum atomic E-state index is 12.8.